The van der Waals surface area contributed by atoms with E-state index >= 15 is 0 Å². The van der Waals surface area contributed by atoms with Crippen molar-refractivity contribution in [3.8, 4) is 10.6 Å². The largest absolute Gasteiger partial charge is 0.480 e. The first-order valence-corrected chi connectivity index (χ1v) is 10.3. The van der Waals surface area contributed by atoms with Crippen LogP contribution in [0.25, 0.3) is 10.6 Å². The zero-order valence-electron chi connectivity index (χ0n) is 16.2. The summed E-state index contributed by atoms with van der Waals surface area (Å²) in [6, 6.07) is 7.47. The average molecular weight is 403 g/mol. The van der Waals surface area contributed by atoms with Crippen LogP contribution in [0.4, 0.5) is 0 Å². The first kappa shape index (κ1) is 20.4. The predicted octanol–water partition coefficient (Wildman–Crippen LogP) is 1.69. The van der Waals surface area contributed by atoms with E-state index in [1.165, 1.54) is 23.8 Å². The highest BCUT2D eigenvalue weighted by Crippen LogP contribution is 2.25. The lowest BCUT2D eigenvalue weighted by atomic mass is 10.1. The van der Waals surface area contributed by atoms with Gasteiger partial charge in [0.1, 0.15) is 11.0 Å². The number of aliphatic carboxylic acids is 1. The number of likely N-dealkylation sites (N-methyl/N-ethyl adjacent to an activating group) is 1. The molecule has 1 aliphatic rings. The van der Waals surface area contributed by atoms with E-state index in [1.807, 2.05) is 17.5 Å². The Labute approximate surface area is 169 Å². The van der Waals surface area contributed by atoms with Gasteiger partial charge in [-0.3, -0.25) is 14.5 Å². The molecule has 150 valence electrons. The number of thiazole rings is 1. The molecular weight excluding hydrogens is 376 g/mol. The van der Waals surface area contributed by atoms with Crippen molar-refractivity contribution in [3.05, 3.63) is 40.9 Å². The second-order valence-electron chi connectivity index (χ2n) is 7.23. The van der Waals surface area contributed by atoms with Crippen LogP contribution in [-0.4, -0.2) is 71.0 Å². The Kier molecular flexibility index (Phi) is 6.77. The van der Waals surface area contributed by atoms with Gasteiger partial charge < -0.3 is 15.3 Å². The number of piperazine rings is 1. The highest BCUT2D eigenvalue weighted by atomic mass is 32.1. The number of carboxylic acid groups (broad SMARTS) is 1. The smallest absolute Gasteiger partial charge is 0.325 e. The normalized spacial score (nSPS) is 16.6. The summed E-state index contributed by atoms with van der Waals surface area (Å²) in [4.78, 5) is 32.1. The standard InChI is InChI=1S/C20H26N4O3S/c1-14(20(26)27)21-18(25)11-17-13-28-19(22-17)16-5-3-4-15(10-16)12-24-8-6-23(2)7-9-24/h3-5,10,13-14H,6-9,11-12H2,1-2H3,(H,21,25)(H,26,27). The molecule has 8 heteroatoms. The maximum Gasteiger partial charge on any atom is 0.325 e. The monoisotopic (exact) mass is 402 g/mol. The molecule has 0 aliphatic carbocycles. The molecule has 7 nitrogen and oxygen atoms in total. The number of amides is 1. The molecule has 1 amide bonds. The third-order valence-corrected chi connectivity index (χ3v) is 5.76. The fourth-order valence-corrected chi connectivity index (χ4v) is 3.92. The van der Waals surface area contributed by atoms with Crippen molar-refractivity contribution in [2.24, 2.45) is 0 Å². The van der Waals surface area contributed by atoms with Crippen molar-refractivity contribution in [1.29, 1.82) is 0 Å². The van der Waals surface area contributed by atoms with Crippen LogP contribution in [0.15, 0.2) is 29.6 Å². The summed E-state index contributed by atoms with van der Waals surface area (Å²) < 4.78 is 0. The summed E-state index contributed by atoms with van der Waals surface area (Å²) >= 11 is 1.50. The highest BCUT2D eigenvalue weighted by molar-refractivity contribution is 7.13. The molecular formula is C20H26N4O3S. The molecule has 1 aromatic carbocycles. The minimum Gasteiger partial charge on any atom is -0.480 e. The zero-order valence-corrected chi connectivity index (χ0v) is 17.0. The number of hydrogen-bond acceptors (Lipinski definition) is 6. The van der Waals surface area contributed by atoms with Crippen molar-refractivity contribution in [3.63, 3.8) is 0 Å². The Morgan fingerprint density at radius 1 is 1.29 bits per heavy atom. The van der Waals surface area contributed by atoms with Crippen LogP contribution in [0.2, 0.25) is 0 Å². The van der Waals surface area contributed by atoms with Crippen LogP contribution in [0.3, 0.4) is 0 Å². The molecule has 0 radical (unpaired) electrons. The van der Waals surface area contributed by atoms with Crippen LogP contribution in [0.1, 0.15) is 18.2 Å². The molecule has 1 atom stereocenters. The SMILES string of the molecule is CC(NC(=O)Cc1csc(-c2cccc(CN3CCN(C)CC3)c2)n1)C(=O)O. The Morgan fingerprint density at radius 3 is 2.75 bits per heavy atom. The predicted molar refractivity (Wildman–Crippen MR) is 109 cm³/mol. The third-order valence-electron chi connectivity index (χ3n) is 4.82. The van der Waals surface area contributed by atoms with E-state index in [0.717, 1.165) is 43.3 Å². The lowest BCUT2D eigenvalue weighted by molar-refractivity contribution is -0.141. The molecule has 1 aromatic heterocycles. The molecule has 1 saturated heterocycles. The molecule has 1 fully saturated rings. The Morgan fingerprint density at radius 2 is 2.04 bits per heavy atom. The van der Waals surface area contributed by atoms with Crippen LogP contribution >= 0.6 is 11.3 Å². The number of benzene rings is 1. The first-order valence-electron chi connectivity index (χ1n) is 9.37. The highest BCUT2D eigenvalue weighted by Gasteiger charge is 2.16. The summed E-state index contributed by atoms with van der Waals surface area (Å²) in [7, 11) is 2.15. The number of carbonyl (C=O) groups excluding carboxylic acids is 1. The van der Waals surface area contributed by atoms with E-state index in [2.05, 4.69) is 39.3 Å². The van der Waals surface area contributed by atoms with Gasteiger partial charge in [0, 0.05) is 43.7 Å². The Hall–Kier alpha value is -2.29. The summed E-state index contributed by atoms with van der Waals surface area (Å²) in [5, 5.41) is 14.0. The Balaban J connectivity index is 1.61. The van der Waals surface area contributed by atoms with Gasteiger partial charge in [-0.15, -0.1) is 11.3 Å². The van der Waals surface area contributed by atoms with E-state index in [-0.39, 0.29) is 12.3 Å². The van der Waals surface area contributed by atoms with Gasteiger partial charge in [-0.25, -0.2) is 4.98 Å². The lowest BCUT2D eigenvalue weighted by Gasteiger charge is -2.32. The maximum atomic E-state index is 12.0. The van der Waals surface area contributed by atoms with Crippen molar-refractivity contribution in [1.82, 2.24) is 20.1 Å². The number of rotatable bonds is 7. The van der Waals surface area contributed by atoms with Crippen molar-refractivity contribution < 1.29 is 14.7 Å². The molecule has 2 N–H and O–H groups in total. The number of hydrogen-bond donors (Lipinski definition) is 2. The summed E-state index contributed by atoms with van der Waals surface area (Å²) in [6.45, 7) is 6.71. The van der Waals surface area contributed by atoms with Gasteiger partial charge in [-0.1, -0.05) is 18.2 Å². The first-order chi connectivity index (χ1) is 13.4. The summed E-state index contributed by atoms with van der Waals surface area (Å²) in [5.41, 5.74) is 2.95. The quantitative estimate of drug-likeness (QED) is 0.733. The van der Waals surface area contributed by atoms with E-state index in [4.69, 9.17) is 5.11 Å². The number of carbonyl (C=O) groups is 2. The van der Waals surface area contributed by atoms with Crippen LogP contribution < -0.4 is 5.32 Å². The second kappa shape index (κ2) is 9.27. The number of carboxylic acids is 1. The van der Waals surface area contributed by atoms with Gasteiger partial charge in [0.25, 0.3) is 0 Å². The molecule has 0 saturated carbocycles. The lowest BCUT2D eigenvalue weighted by Crippen LogP contribution is -2.43. The maximum absolute atomic E-state index is 12.0. The van der Waals surface area contributed by atoms with Gasteiger partial charge >= 0.3 is 5.97 Å². The van der Waals surface area contributed by atoms with Gasteiger partial charge in [-0.2, -0.15) is 0 Å². The average Bonchev–Trinajstić information content (AvgIpc) is 3.12. The molecule has 3 rings (SSSR count). The van der Waals surface area contributed by atoms with E-state index in [0.29, 0.717) is 5.69 Å². The summed E-state index contributed by atoms with van der Waals surface area (Å²) in [5.74, 6) is -1.39. The van der Waals surface area contributed by atoms with Crippen molar-refractivity contribution in [2.45, 2.75) is 25.9 Å². The van der Waals surface area contributed by atoms with Gasteiger partial charge in [0.05, 0.1) is 12.1 Å². The molecule has 2 heterocycles. The van der Waals surface area contributed by atoms with Crippen LogP contribution in [0, 0.1) is 0 Å². The molecule has 28 heavy (non-hydrogen) atoms. The summed E-state index contributed by atoms with van der Waals surface area (Å²) in [6.07, 6.45) is 0.0785. The van der Waals surface area contributed by atoms with E-state index in [9.17, 15) is 9.59 Å². The number of nitrogens with one attached hydrogen (secondary N) is 1. The molecule has 0 bridgehead atoms. The molecule has 0 spiro atoms. The van der Waals surface area contributed by atoms with Gasteiger partial charge in [-0.05, 0) is 25.6 Å². The van der Waals surface area contributed by atoms with Crippen LogP contribution in [0.5, 0.6) is 0 Å². The molecule has 2 aromatic rings. The zero-order chi connectivity index (χ0) is 20.1. The number of nitrogens with zero attached hydrogens (tertiary/aromatic N) is 3. The minimum absolute atomic E-state index is 0.0785. The van der Waals surface area contributed by atoms with E-state index in [1.54, 1.807) is 0 Å². The topological polar surface area (TPSA) is 85.8 Å². The fraction of sp³-hybridized carbons (Fsp3) is 0.450. The number of aromatic nitrogens is 1. The van der Waals surface area contributed by atoms with Crippen LogP contribution in [-0.2, 0) is 22.6 Å². The third kappa shape index (κ3) is 5.60. The van der Waals surface area contributed by atoms with E-state index < -0.39 is 12.0 Å². The van der Waals surface area contributed by atoms with Crippen molar-refractivity contribution >= 4 is 23.2 Å². The second-order valence-corrected chi connectivity index (χ2v) is 8.09. The molecule has 1 aliphatic heterocycles. The van der Waals surface area contributed by atoms with Gasteiger partial charge in [0.15, 0.2) is 0 Å². The van der Waals surface area contributed by atoms with Gasteiger partial charge in [0.2, 0.25) is 5.91 Å². The fourth-order valence-electron chi connectivity index (χ4n) is 3.11. The van der Waals surface area contributed by atoms with Crippen molar-refractivity contribution in [2.75, 3.05) is 33.2 Å². The molecule has 1 unspecified atom stereocenters. The minimum atomic E-state index is -1.05. The Bertz CT molecular complexity index is 830.